The molecule has 3 N–H and O–H groups in total. The van der Waals surface area contributed by atoms with Gasteiger partial charge < -0.3 is 15.3 Å². The van der Waals surface area contributed by atoms with Gasteiger partial charge in [-0.15, -0.1) is 0 Å². The molecular weight excluding hydrogens is 212 g/mol. The fraction of sp³-hybridized carbons (Fsp3) is 0.444. The fourth-order valence-electron chi connectivity index (χ4n) is 1.15. The zero-order valence-electron chi connectivity index (χ0n) is 9.10. The molecule has 0 aliphatic heterocycles. The summed E-state index contributed by atoms with van der Waals surface area (Å²) in [7, 11) is 0. The monoisotopic (exact) mass is 226 g/mol. The van der Waals surface area contributed by atoms with Crippen LogP contribution in [-0.4, -0.2) is 44.8 Å². The maximum atomic E-state index is 11.7. The molecule has 0 bridgehead atoms. The first-order chi connectivity index (χ1) is 7.50. The lowest BCUT2D eigenvalue weighted by molar-refractivity contribution is -0.137. The summed E-state index contributed by atoms with van der Waals surface area (Å²) in [6.07, 6.45) is 2.95. The molecule has 7 nitrogen and oxygen atoms in total. The summed E-state index contributed by atoms with van der Waals surface area (Å²) in [5.41, 5.74) is 0.501. The predicted molar refractivity (Wildman–Crippen MR) is 57.1 cm³/mol. The van der Waals surface area contributed by atoms with E-state index in [1.807, 2.05) is 0 Å². The summed E-state index contributed by atoms with van der Waals surface area (Å²) in [5, 5.41) is 17.4. The summed E-state index contributed by atoms with van der Waals surface area (Å²) in [6, 6.07) is -0.651. The molecule has 0 saturated heterocycles. The van der Waals surface area contributed by atoms with Crippen LogP contribution in [0.1, 0.15) is 13.8 Å². The molecule has 1 aromatic heterocycles. The number of H-pyrrole nitrogens is 1. The van der Waals surface area contributed by atoms with E-state index in [4.69, 9.17) is 5.11 Å². The summed E-state index contributed by atoms with van der Waals surface area (Å²) < 4.78 is 0. The lowest BCUT2D eigenvalue weighted by Gasteiger charge is -2.24. The van der Waals surface area contributed by atoms with E-state index in [-0.39, 0.29) is 12.6 Å². The van der Waals surface area contributed by atoms with E-state index in [2.05, 4.69) is 15.5 Å². The van der Waals surface area contributed by atoms with Crippen molar-refractivity contribution in [2.24, 2.45) is 0 Å². The molecule has 0 spiro atoms. The Kier molecular flexibility index (Phi) is 3.87. The van der Waals surface area contributed by atoms with Gasteiger partial charge in [-0.25, -0.2) is 4.79 Å². The number of carboxylic acids is 1. The quantitative estimate of drug-likeness (QED) is 0.705. The van der Waals surface area contributed by atoms with Gasteiger partial charge in [-0.3, -0.25) is 9.89 Å². The van der Waals surface area contributed by atoms with Crippen LogP contribution in [-0.2, 0) is 4.79 Å². The normalized spacial score (nSPS) is 10.2. The largest absolute Gasteiger partial charge is 0.480 e. The third-order valence-electron chi connectivity index (χ3n) is 1.94. The standard InChI is InChI=1S/C9H14N4O3/c1-6(2)13(5-8(14)15)9(16)12-7-3-10-11-4-7/h3-4,6H,5H2,1-2H3,(H,10,11)(H,12,16)(H,14,15). The van der Waals surface area contributed by atoms with Crippen molar-refractivity contribution >= 4 is 17.7 Å². The van der Waals surface area contributed by atoms with Crippen molar-refractivity contribution in [2.75, 3.05) is 11.9 Å². The summed E-state index contributed by atoms with van der Waals surface area (Å²) in [5.74, 6) is -1.05. The Morgan fingerprint density at radius 3 is 2.75 bits per heavy atom. The number of carboxylic acid groups (broad SMARTS) is 1. The number of aromatic amines is 1. The molecule has 0 saturated carbocycles. The number of carbonyl (C=O) groups excluding carboxylic acids is 1. The minimum absolute atomic E-state index is 0.192. The first-order valence-corrected chi connectivity index (χ1v) is 4.79. The zero-order valence-corrected chi connectivity index (χ0v) is 9.10. The van der Waals surface area contributed by atoms with Crippen LogP contribution >= 0.6 is 0 Å². The number of aromatic nitrogens is 2. The van der Waals surface area contributed by atoms with Gasteiger partial charge in [0.05, 0.1) is 11.9 Å². The maximum Gasteiger partial charge on any atom is 0.323 e. The highest BCUT2D eigenvalue weighted by Crippen LogP contribution is 2.06. The van der Waals surface area contributed by atoms with Gasteiger partial charge in [0.2, 0.25) is 0 Å². The molecule has 1 heterocycles. The van der Waals surface area contributed by atoms with Crippen LogP contribution in [0, 0.1) is 0 Å². The van der Waals surface area contributed by atoms with Crippen LogP contribution in [0.15, 0.2) is 12.4 Å². The second kappa shape index (κ2) is 5.15. The number of rotatable bonds is 4. The van der Waals surface area contributed by atoms with Crippen molar-refractivity contribution in [3.8, 4) is 0 Å². The molecule has 0 aliphatic rings. The van der Waals surface area contributed by atoms with Crippen molar-refractivity contribution in [2.45, 2.75) is 19.9 Å². The SMILES string of the molecule is CC(C)N(CC(=O)O)C(=O)Nc1cn[nH]c1. The van der Waals surface area contributed by atoms with Crippen molar-refractivity contribution in [3.63, 3.8) is 0 Å². The number of carbonyl (C=O) groups is 2. The number of hydrogen-bond donors (Lipinski definition) is 3. The first-order valence-electron chi connectivity index (χ1n) is 4.79. The Morgan fingerprint density at radius 2 is 2.31 bits per heavy atom. The molecule has 2 amide bonds. The van der Waals surface area contributed by atoms with E-state index in [1.165, 1.54) is 17.3 Å². The molecule has 0 aromatic carbocycles. The third-order valence-corrected chi connectivity index (χ3v) is 1.94. The fourth-order valence-corrected chi connectivity index (χ4v) is 1.15. The van der Waals surface area contributed by atoms with Crippen LogP contribution in [0.3, 0.4) is 0 Å². The van der Waals surface area contributed by atoms with E-state index >= 15 is 0 Å². The summed E-state index contributed by atoms with van der Waals surface area (Å²) >= 11 is 0. The number of anilines is 1. The number of aliphatic carboxylic acids is 1. The number of nitrogens with one attached hydrogen (secondary N) is 2. The predicted octanol–water partition coefficient (Wildman–Crippen LogP) is 0.737. The number of amides is 2. The molecule has 0 fully saturated rings. The van der Waals surface area contributed by atoms with E-state index in [0.29, 0.717) is 5.69 Å². The van der Waals surface area contributed by atoms with E-state index in [9.17, 15) is 9.59 Å². The smallest absolute Gasteiger partial charge is 0.323 e. The molecule has 1 aromatic rings. The second-order valence-electron chi connectivity index (χ2n) is 3.53. The topological polar surface area (TPSA) is 98.3 Å². The average molecular weight is 226 g/mol. The Labute approximate surface area is 92.4 Å². The molecule has 0 atom stereocenters. The highest BCUT2D eigenvalue weighted by atomic mass is 16.4. The van der Waals surface area contributed by atoms with E-state index in [1.54, 1.807) is 13.8 Å². The van der Waals surface area contributed by atoms with Crippen LogP contribution < -0.4 is 5.32 Å². The minimum atomic E-state index is -1.05. The van der Waals surface area contributed by atoms with Gasteiger partial charge in [-0.2, -0.15) is 5.10 Å². The van der Waals surface area contributed by atoms with Gasteiger partial charge in [-0.05, 0) is 13.8 Å². The van der Waals surface area contributed by atoms with Crippen molar-refractivity contribution in [3.05, 3.63) is 12.4 Å². The number of nitrogens with zero attached hydrogens (tertiary/aromatic N) is 2. The van der Waals surface area contributed by atoms with Gasteiger partial charge in [-0.1, -0.05) is 0 Å². The van der Waals surface area contributed by atoms with Crippen molar-refractivity contribution < 1.29 is 14.7 Å². The Morgan fingerprint density at radius 1 is 1.62 bits per heavy atom. The zero-order chi connectivity index (χ0) is 12.1. The van der Waals surface area contributed by atoms with Gasteiger partial charge >= 0.3 is 12.0 Å². The van der Waals surface area contributed by atoms with Gasteiger partial charge in [0, 0.05) is 12.2 Å². The lowest BCUT2D eigenvalue weighted by Crippen LogP contribution is -2.43. The van der Waals surface area contributed by atoms with Gasteiger partial charge in [0.25, 0.3) is 0 Å². The number of hydrogen-bond acceptors (Lipinski definition) is 3. The molecule has 7 heteroatoms. The van der Waals surface area contributed by atoms with Crippen LogP contribution in [0.25, 0.3) is 0 Å². The highest BCUT2D eigenvalue weighted by Gasteiger charge is 2.19. The van der Waals surface area contributed by atoms with Gasteiger partial charge in [0.15, 0.2) is 0 Å². The minimum Gasteiger partial charge on any atom is -0.480 e. The van der Waals surface area contributed by atoms with Gasteiger partial charge in [0.1, 0.15) is 6.54 Å². The highest BCUT2D eigenvalue weighted by molar-refractivity contribution is 5.91. The van der Waals surface area contributed by atoms with Crippen molar-refractivity contribution in [1.29, 1.82) is 0 Å². The Hall–Kier alpha value is -2.05. The van der Waals surface area contributed by atoms with Crippen LogP contribution in [0.2, 0.25) is 0 Å². The summed E-state index contributed by atoms with van der Waals surface area (Å²) in [6.45, 7) is 3.16. The molecule has 16 heavy (non-hydrogen) atoms. The molecular formula is C9H14N4O3. The molecule has 88 valence electrons. The van der Waals surface area contributed by atoms with Crippen molar-refractivity contribution in [1.82, 2.24) is 15.1 Å². The van der Waals surface area contributed by atoms with Crippen LogP contribution in [0.4, 0.5) is 10.5 Å². The Balaban J connectivity index is 2.64. The van der Waals surface area contributed by atoms with E-state index in [0.717, 1.165) is 0 Å². The molecule has 0 aliphatic carbocycles. The molecule has 0 radical (unpaired) electrons. The van der Waals surface area contributed by atoms with E-state index < -0.39 is 12.0 Å². The maximum absolute atomic E-state index is 11.7. The molecule has 1 rings (SSSR count). The first kappa shape index (κ1) is 12.0. The van der Waals surface area contributed by atoms with Crippen LogP contribution in [0.5, 0.6) is 0 Å². The summed E-state index contributed by atoms with van der Waals surface area (Å²) in [4.78, 5) is 23.5. The second-order valence-corrected chi connectivity index (χ2v) is 3.53. The molecule has 0 unspecified atom stereocenters. The third kappa shape index (κ3) is 3.26. The average Bonchev–Trinajstić information content (AvgIpc) is 2.65. The Bertz CT molecular complexity index is 361. The lowest BCUT2D eigenvalue weighted by atomic mass is 10.3. The number of urea groups is 1.